The summed E-state index contributed by atoms with van der Waals surface area (Å²) in [6.07, 6.45) is 0.0335. The zero-order valence-electron chi connectivity index (χ0n) is 16.7. The molecular weight excluding hydrogens is 340 g/mol. The van der Waals surface area contributed by atoms with Gasteiger partial charge in [-0.1, -0.05) is 32.0 Å². The minimum Gasteiger partial charge on any atom is -0.374 e. The molecule has 1 unspecified atom stereocenters. The lowest BCUT2D eigenvalue weighted by molar-refractivity contribution is -0.0295. The van der Waals surface area contributed by atoms with E-state index in [4.69, 9.17) is 4.74 Å². The molecule has 27 heavy (non-hydrogen) atoms. The minimum absolute atomic E-state index is 0.0335. The summed E-state index contributed by atoms with van der Waals surface area (Å²) >= 11 is 0. The van der Waals surface area contributed by atoms with Crippen molar-refractivity contribution in [2.45, 2.75) is 33.8 Å². The van der Waals surface area contributed by atoms with E-state index in [9.17, 15) is 4.79 Å². The number of nitrogens with zero attached hydrogens (tertiary/aromatic N) is 3. The summed E-state index contributed by atoms with van der Waals surface area (Å²) in [4.78, 5) is 15.2. The van der Waals surface area contributed by atoms with Crippen LogP contribution in [0.4, 0.5) is 0 Å². The third-order valence-corrected chi connectivity index (χ3v) is 4.86. The molecule has 3 rings (SSSR count). The van der Waals surface area contributed by atoms with Crippen LogP contribution in [0.5, 0.6) is 0 Å². The van der Waals surface area contributed by atoms with Crippen LogP contribution in [0.1, 0.15) is 35.6 Å². The van der Waals surface area contributed by atoms with Crippen molar-refractivity contribution < 1.29 is 9.53 Å². The summed E-state index contributed by atoms with van der Waals surface area (Å²) in [6.45, 7) is 12.4. The Balaban J connectivity index is 1.64. The molecule has 0 aliphatic carbocycles. The van der Waals surface area contributed by atoms with Gasteiger partial charge in [0.25, 0.3) is 5.91 Å². The Morgan fingerprint density at radius 2 is 2.04 bits per heavy atom. The van der Waals surface area contributed by atoms with Crippen LogP contribution in [0.2, 0.25) is 0 Å². The van der Waals surface area contributed by atoms with Gasteiger partial charge in [-0.2, -0.15) is 5.10 Å². The zero-order chi connectivity index (χ0) is 19.4. The molecule has 1 fully saturated rings. The standard InChI is InChI=1S/C21H30N4O2/c1-15(2)13-24-10-11-27-19(14-24)12-22-21(26)20-16(3)23-25(17(20)4)18-8-6-5-7-9-18/h5-9,15,19H,10-14H2,1-4H3,(H,22,26). The Bertz CT molecular complexity index is 770. The number of aromatic nitrogens is 2. The normalized spacial score (nSPS) is 18.0. The lowest BCUT2D eigenvalue weighted by Gasteiger charge is -2.33. The molecule has 0 bridgehead atoms. The fourth-order valence-electron chi connectivity index (χ4n) is 3.67. The third-order valence-electron chi connectivity index (χ3n) is 4.86. The summed E-state index contributed by atoms with van der Waals surface area (Å²) in [6, 6.07) is 9.87. The maximum absolute atomic E-state index is 12.8. The van der Waals surface area contributed by atoms with Gasteiger partial charge < -0.3 is 10.1 Å². The van der Waals surface area contributed by atoms with Gasteiger partial charge in [0.15, 0.2) is 0 Å². The first-order valence-corrected chi connectivity index (χ1v) is 9.69. The van der Waals surface area contributed by atoms with Gasteiger partial charge in [0.05, 0.1) is 35.3 Å². The van der Waals surface area contributed by atoms with Gasteiger partial charge in [0, 0.05) is 26.2 Å². The first kappa shape index (κ1) is 19.6. The highest BCUT2D eigenvalue weighted by Crippen LogP contribution is 2.18. The first-order chi connectivity index (χ1) is 13.0. The molecule has 1 N–H and O–H groups in total. The van der Waals surface area contributed by atoms with Crippen molar-refractivity contribution in [1.82, 2.24) is 20.0 Å². The van der Waals surface area contributed by atoms with E-state index in [0.29, 0.717) is 18.0 Å². The Morgan fingerprint density at radius 3 is 2.74 bits per heavy atom. The van der Waals surface area contributed by atoms with Crippen LogP contribution in [0.15, 0.2) is 30.3 Å². The van der Waals surface area contributed by atoms with Gasteiger partial charge in [0.1, 0.15) is 0 Å². The smallest absolute Gasteiger partial charge is 0.255 e. The lowest BCUT2D eigenvalue weighted by Crippen LogP contribution is -2.48. The van der Waals surface area contributed by atoms with Crippen LogP contribution in [0.3, 0.4) is 0 Å². The van der Waals surface area contributed by atoms with E-state index in [2.05, 4.69) is 29.2 Å². The fourth-order valence-corrected chi connectivity index (χ4v) is 3.67. The van der Waals surface area contributed by atoms with Crippen LogP contribution in [-0.4, -0.2) is 59.5 Å². The Hall–Kier alpha value is -2.18. The number of rotatable bonds is 6. The van der Waals surface area contributed by atoms with Crippen molar-refractivity contribution in [1.29, 1.82) is 0 Å². The number of morpholine rings is 1. The van der Waals surface area contributed by atoms with Crippen LogP contribution in [-0.2, 0) is 4.74 Å². The topological polar surface area (TPSA) is 59.4 Å². The Labute approximate surface area is 161 Å². The summed E-state index contributed by atoms with van der Waals surface area (Å²) in [5.41, 5.74) is 3.19. The molecule has 0 spiro atoms. The largest absolute Gasteiger partial charge is 0.374 e. The van der Waals surface area contributed by atoms with E-state index < -0.39 is 0 Å². The predicted octanol–water partition coefficient (Wildman–Crippen LogP) is 2.58. The molecule has 146 valence electrons. The fraction of sp³-hybridized carbons (Fsp3) is 0.524. The van der Waals surface area contributed by atoms with Gasteiger partial charge in [-0.15, -0.1) is 0 Å². The predicted molar refractivity (Wildman–Crippen MR) is 106 cm³/mol. The Morgan fingerprint density at radius 1 is 1.30 bits per heavy atom. The van der Waals surface area contributed by atoms with Gasteiger partial charge >= 0.3 is 0 Å². The molecule has 1 atom stereocenters. The highest BCUT2D eigenvalue weighted by Gasteiger charge is 2.24. The molecule has 1 aromatic carbocycles. The molecule has 2 aromatic rings. The molecule has 1 amide bonds. The number of hydrogen-bond donors (Lipinski definition) is 1. The van der Waals surface area contributed by atoms with Crippen LogP contribution in [0, 0.1) is 19.8 Å². The highest BCUT2D eigenvalue weighted by molar-refractivity contribution is 5.96. The van der Waals surface area contributed by atoms with Crippen molar-refractivity contribution in [3.05, 3.63) is 47.3 Å². The number of carbonyl (C=O) groups is 1. The lowest BCUT2D eigenvalue weighted by atomic mass is 10.1. The Kier molecular flexibility index (Phi) is 6.29. The minimum atomic E-state index is -0.0863. The molecule has 1 aliphatic heterocycles. The number of aryl methyl sites for hydroxylation is 1. The van der Waals surface area contributed by atoms with E-state index in [1.165, 1.54) is 0 Å². The molecule has 1 saturated heterocycles. The molecule has 1 aromatic heterocycles. The molecule has 6 nitrogen and oxygen atoms in total. The molecule has 2 heterocycles. The summed E-state index contributed by atoms with van der Waals surface area (Å²) in [7, 11) is 0. The average molecular weight is 370 g/mol. The van der Waals surface area contributed by atoms with Crippen molar-refractivity contribution >= 4 is 5.91 Å². The van der Waals surface area contributed by atoms with Crippen LogP contribution in [0.25, 0.3) is 5.69 Å². The quantitative estimate of drug-likeness (QED) is 0.849. The van der Waals surface area contributed by atoms with Crippen LogP contribution >= 0.6 is 0 Å². The second kappa shape index (κ2) is 8.67. The maximum Gasteiger partial charge on any atom is 0.255 e. The van der Waals surface area contributed by atoms with Gasteiger partial charge in [-0.05, 0) is 31.9 Å². The maximum atomic E-state index is 12.8. The van der Waals surface area contributed by atoms with Crippen molar-refractivity contribution in [2.24, 2.45) is 5.92 Å². The number of nitrogens with one attached hydrogen (secondary N) is 1. The first-order valence-electron chi connectivity index (χ1n) is 9.69. The summed E-state index contributed by atoms with van der Waals surface area (Å²) in [5.74, 6) is 0.546. The number of benzene rings is 1. The number of para-hydroxylation sites is 1. The monoisotopic (exact) mass is 370 g/mol. The van der Waals surface area contributed by atoms with Crippen molar-refractivity contribution in [3.63, 3.8) is 0 Å². The number of carbonyl (C=O) groups excluding carboxylic acids is 1. The SMILES string of the molecule is Cc1nn(-c2ccccc2)c(C)c1C(=O)NCC1CN(CC(C)C)CCO1. The highest BCUT2D eigenvalue weighted by atomic mass is 16.5. The van der Waals surface area contributed by atoms with Gasteiger partial charge in [0.2, 0.25) is 0 Å². The average Bonchev–Trinajstić information content (AvgIpc) is 2.94. The molecule has 1 aliphatic rings. The third kappa shape index (κ3) is 4.76. The van der Waals surface area contributed by atoms with E-state index in [-0.39, 0.29) is 12.0 Å². The molecule has 6 heteroatoms. The number of hydrogen-bond acceptors (Lipinski definition) is 4. The van der Waals surface area contributed by atoms with E-state index in [1.54, 1.807) is 0 Å². The van der Waals surface area contributed by atoms with E-state index in [0.717, 1.165) is 43.3 Å². The molecule has 0 saturated carbocycles. The van der Waals surface area contributed by atoms with Crippen molar-refractivity contribution in [2.75, 3.05) is 32.8 Å². The second-order valence-corrected chi connectivity index (χ2v) is 7.65. The second-order valence-electron chi connectivity index (χ2n) is 7.65. The van der Waals surface area contributed by atoms with Crippen LogP contribution < -0.4 is 5.32 Å². The zero-order valence-corrected chi connectivity index (χ0v) is 16.7. The number of ether oxygens (including phenoxy) is 1. The summed E-state index contributed by atoms with van der Waals surface area (Å²) < 4.78 is 7.66. The molecule has 0 radical (unpaired) electrons. The van der Waals surface area contributed by atoms with E-state index in [1.807, 2.05) is 48.9 Å². The van der Waals surface area contributed by atoms with Crippen molar-refractivity contribution in [3.8, 4) is 5.69 Å². The number of amides is 1. The van der Waals surface area contributed by atoms with Gasteiger partial charge in [-0.25, -0.2) is 4.68 Å². The molecular formula is C21H30N4O2. The van der Waals surface area contributed by atoms with E-state index >= 15 is 0 Å². The van der Waals surface area contributed by atoms with Gasteiger partial charge in [-0.3, -0.25) is 9.69 Å². The summed E-state index contributed by atoms with van der Waals surface area (Å²) in [5, 5.41) is 7.60.